The maximum absolute atomic E-state index is 4.57. The van der Waals surface area contributed by atoms with Crippen molar-refractivity contribution in [2.24, 2.45) is 0 Å². The molecule has 3 heteroatoms. The molecular weight excluding hydrogens is 240 g/mol. The number of hydrogen-bond acceptors (Lipinski definition) is 3. The topological polar surface area (TPSA) is 24.9 Å². The van der Waals surface area contributed by atoms with Crippen molar-refractivity contribution in [3.05, 3.63) is 40.4 Å². The van der Waals surface area contributed by atoms with E-state index in [0.717, 1.165) is 17.6 Å². The molecule has 0 bridgehead atoms. The van der Waals surface area contributed by atoms with Crippen LogP contribution < -0.4 is 5.32 Å². The summed E-state index contributed by atoms with van der Waals surface area (Å²) in [6.45, 7) is 5.30. The van der Waals surface area contributed by atoms with Gasteiger partial charge in [0.1, 0.15) is 5.01 Å². The van der Waals surface area contributed by atoms with Crippen molar-refractivity contribution in [1.82, 2.24) is 10.3 Å². The SMILES string of the molecule is Cc1cccc(-c2ncc(CNC3CC3)s2)c1C. The van der Waals surface area contributed by atoms with E-state index in [2.05, 4.69) is 42.3 Å². The summed E-state index contributed by atoms with van der Waals surface area (Å²) < 4.78 is 0. The average molecular weight is 258 g/mol. The van der Waals surface area contributed by atoms with Gasteiger partial charge in [0.15, 0.2) is 0 Å². The van der Waals surface area contributed by atoms with Crippen molar-refractivity contribution in [1.29, 1.82) is 0 Å². The molecule has 0 spiro atoms. The van der Waals surface area contributed by atoms with Gasteiger partial charge in [0.25, 0.3) is 0 Å². The fourth-order valence-electron chi connectivity index (χ4n) is 2.03. The normalized spacial score (nSPS) is 15.0. The molecule has 1 aromatic heterocycles. The second-order valence-corrected chi connectivity index (χ2v) is 6.15. The zero-order valence-electron chi connectivity index (χ0n) is 10.9. The maximum atomic E-state index is 4.57. The zero-order chi connectivity index (χ0) is 12.5. The van der Waals surface area contributed by atoms with Gasteiger partial charge < -0.3 is 5.32 Å². The molecule has 94 valence electrons. The van der Waals surface area contributed by atoms with Crippen molar-refractivity contribution in [3.8, 4) is 10.6 Å². The van der Waals surface area contributed by atoms with Crippen molar-refractivity contribution in [3.63, 3.8) is 0 Å². The van der Waals surface area contributed by atoms with E-state index >= 15 is 0 Å². The standard InChI is InChI=1S/C15H18N2S/c1-10-4-3-5-14(11(10)2)15-17-9-13(18-15)8-16-12-6-7-12/h3-5,9,12,16H,6-8H2,1-2H3. The summed E-state index contributed by atoms with van der Waals surface area (Å²) in [5.41, 5.74) is 3.95. The van der Waals surface area contributed by atoms with Gasteiger partial charge in [-0.25, -0.2) is 4.98 Å². The summed E-state index contributed by atoms with van der Waals surface area (Å²) in [7, 11) is 0. The van der Waals surface area contributed by atoms with Crippen LogP contribution in [-0.2, 0) is 6.54 Å². The van der Waals surface area contributed by atoms with Crippen LogP contribution in [0.5, 0.6) is 0 Å². The average Bonchev–Trinajstić information content (AvgIpc) is 3.08. The molecule has 0 atom stereocenters. The maximum Gasteiger partial charge on any atom is 0.123 e. The number of aromatic nitrogens is 1. The van der Waals surface area contributed by atoms with Crippen LogP contribution in [0.15, 0.2) is 24.4 Å². The molecule has 2 aromatic rings. The van der Waals surface area contributed by atoms with Gasteiger partial charge in [-0.1, -0.05) is 18.2 Å². The highest BCUT2D eigenvalue weighted by Crippen LogP contribution is 2.29. The first-order valence-corrected chi connectivity index (χ1v) is 7.30. The molecule has 2 nitrogen and oxygen atoms in total. The minimum atomic E-state index is 0.760. The highest BCUT2D eigenvalue weighted by atomic mass is 32.1. The van der Waals surface area contributed by atoms with Crippen LogP contribution in [0, 0.1) is 13.8 Å². The number of nitrogens with zero attached hydrogens (tertiary/aromatic N) is 1. The Morgan fingerprint density at radius 3 is 2.94 bits per heavy atom. The smallest absolute Gasteiger partial charge is 0.123 e. The summed E-state index contributed by atoms with van der Waals surface area (Å²) in [5, 5.41) is 4.68. The third-order valence-corrected chi connectivity index (χ3v) is 4.56. The van der Waals surface area contributed by atoms with Gasteiger partial charge in [0.05, 0.1) is 0 Å². The molecule has 1 heterocycles. The summed E-state index contributed by atoms with van der Waals surface area (Å²) in [5.74, 6) is 0. The van der Waals surface area contributed by atoms with Gasteiger partial charge in [-0.2, -0.15) is 0 Å². The number of aryl methyl sites for hydroxylation is 1. The van der Waals surface area contributed by atoms with Crippen LogP contribution in [0.25, 0.3) is 10.6 Å². The third kappa shape index (κ3) is 2.47. The summed E-state index contributed by atoms with van der Waals surface area (Å²) in [6, 6.07) is 7.19. The number of benzene rings is 1. The van der Waals surface area contributed by atoms with Crippen LogP contribution in [0.4, 0.5) is 0 Å². The molecule has 0 saturated heterocycles. The van der Waals surface area contributed by atoms with Gasteiger partial charge in [0, 0.05) is 29.2 Å². The monoisotopic (exact) mass is 258 g/mol. The summed E-state index contributed by atoms with van der Waals surface area (Å²) in [4.78, 5) is 5.90. The summed E-state index contributed by atoms with van der Waals surface area (Å²) >= 11 is 1.80. The predicted octanol–water partition coefficient (Wildman–Crippen LogP) is 3.68. The van der Waals surface area contributed by atoms with Crippen LogP contribution in [0.3, 0.4) is 0 Å². The quantitative estimate of drug-likeness (QED) is 0.905. The van der Waals surface area contributed by atoms with Gasteiger partial charge in [-0.3, -0.25) is 0 Å². The number of nitrogens with one attached hydrogen (secondary N) is 1. The molecule has 0 aliphatic heterocycles. The van der Waals surface area contributed by atoms with Crippen molar-refractivity contribution < 1.29 is 0 Å². The Morgan fingerprint density at radius 1 is 1.33 bits per heavy atom. The van der Waals surface area contributed by atoms with Crippen LogP contribution in [0.1, 0.15) is 28.8 Å². The van der Waals surface area contributed by atoms with Crippen LogP contribution in [0.2, 0.25) is 0 Å². The highest BCUT2D eigenvalue weighted by molar-refractivity contribution is 7.15. The third-order valence-electron chi connectivity index (χ3n) is 3.53. The van der Waals surface area contributed by atoms with Crippen molar-refractivity contribution in [2.75, 3.05) is 0 Å². The van der Waals surface area contributed by atoms with E-state index in [9.17, 15) is 0 Å². The van der Waals surface area contributed by atoms with E-state index < -0.39 is 0 Å². The molecule has 1 aliphatic rings. The van der Waals surface area contributed by atoms with Crippen molar-refractivity contribution >= 4 is 11.3 Å². The van der Waals surface area contributed by atoms with E-state index in [1.54, 1.807) is 11.3 Å². The molecule has 18 heavy (non-hydrogen) atoms. The molecule has 1 aliphatic carbocycles. The second-order valence-electron chi connectivity index (χ2n) is 5.03. The summed E-state index contributed by atoms with van der Waals surface area (Å²) in [6.07, 6.45) is 4.68. The largest absolute Gasteiger partial charge is 0.309 e. The first kappa shape index (κ1) is 11.9. The lowest BCUT2D eigenvalue weighted by molar-refractivity contribution is 0.694. The van der Waals surface area contributed by atoms with E-state index in [-0.39, 0.29) is 0 Å². The fraction of sp³-hybridized carbons (Fsp3) is 0.400. The lowest BCUT2D eigenvalue weighted by atomic mass is 10.0. The minimum absolute atomic E-state index is 0.760. The molecule has 1 N–H and O–H groups in total. The Morgan fingerprint density at radius 2 is 2.17 bits per heavy atom. The lowest BCUT2D eigenvalue weighted by Crippen LogP contribution is -2.14. The number of rotatable bonds is 4. The van der Waals surface area contributed by atoms with Gasteiger partial charge in [-0.05, 0) is 37.8 Å². The van der Waals surface area contributed by atoms with Crippen molar-refractivity contribution in [2.45, 2.75) is 39.3 Å². The molecular formula is C15H18N2S. The zero-order valence-corrected chi connectivity index (χ0v) is 11.7. The van der Waals surface area contributed by atoms with E-state index in [1.807, 2.05) is 6.20 Å². The van der Waals surface area contributed by atoms with Crippen LogP contribution in [-0.4, -0.2) is 11.0 Å². The van der Waals surface area contributed by atoms with Crippen LogP contribution >= 0.6 is 11.3 Å². The highest BCUT2D eigenvalue weighted by Gasteiger charge is 2.20. The van der Waals surface area contributed by atoms with E-state index in [1.165, 1.54) is 34.4 Å². The Bertz CT molecular complexity index is 555. The Hall–Kier alpha value is -1.19. The van der Waals surface area contributed by atoms with Gasteiger partial charge in [-0.15, -0.1) is 11.3 Å². The Labute approximate surface area is 112 Å². The van der Waals surface area contributed by atoms with E-state index in [4.69, 9.17) is 0 Å². The number of thiazole rings is 1. The Balaban J connectivity index is 1.80. The molecule has 1 aromatic carbocycles. The lowest BCUT2D eigenvalue weighted by Gasteiger charge is -2.04. The molecule has 0 amide bonds. The van der Waals surface area contributed by atoms with Gasteiger partial charge in [0.2, 0.25) is 0 Å². The molecule has 1 fully saturated rings. The Kier molecular flexibility index (Phi) is 3.18. The predicted molar refractivity (Wildman–Crippen MR) is 76.9 cm³/mol. The molecule has 0 radical (unpaired) electrons. The number of hydrogen-bond donors (Lipinski definition) is 1. The first-order valence-electron chi connectivity index (χ1n) is 6.49. The minimum Gasteiger partial charge on any atom is -0.309 e. The van der Waals surface area contributed by atoms with Gasteiger partial charge >= 0.3 is 0 Å². The first-order chi connectivity index (χ1) is 8.74. The fourth-order valence-corrected chi connectivity index (χ4v) is 2.97. The second kappa shape index (κ2) is 4.82. The molecule has 0 unspecified atom stereocenters. The molecule has 1 saturated carbocycles. The molecule has 3 rings (SSSR count). The van der Waals surface area contributed by atoms with E-state index in [0.29, 0.717) is 0 Å².